The molecule has 7 heteroatoms. The van der Waals surface area contributed by atoms with Gasteiger partial charge in [-0.2, -0.15) is 0 Å². The third-order valence-electron chi connectivity index (χ3n) is 2.82. The Labute approximate surface area is 126 Å². The van der Waals surface area contributed by atoms with Gasteiger partial charge in [0.25, 0.3) is 5.91 Å². The van der Waals surface area contributed by atoms with Gasteiger partial charge < -0.3 is 10.1 Å². The van der Waals surface area contributed by atoms with Gasteiger partial charge in [0.05, 0.1) is 18.4 Å². The second-order valence-corrected chi connectivity index (χ2v) is 4.45. The first-order valence-corrected chi connectivity index (χ1v) is 6.38. The number of carbonyl (C=O) groups is 2. The van der Waals surface area contributed by atoms with Crippen LogP contribution in [0.15, 0.2) is 36.5 Å². The third-order valence-corrected chi connectivity index (χ3v) is 2.82. The fourth-order valence-corrected chi connectivity index (χ4v) is 1.67. The summed E-state index contributed by atoms with van der Waals surface area (Å²) in [5.74, 6) is -1.02. The number of anilines is 2. The largest absolute Gasteiger partial charge is 0.453 e. The fraction of sp³-hybridized carbons (Fsp3) is 0.133. The van der Waals surface area contributed by atoms with Crippen LogP contribution in [0, 0.1) is 12.7 Å². The van der Waals surface area contributed by atoms with Gasteiger partial charge in [-0.1, -0.05) is 0 Å². The van der Waals surface area contributed by atoms with Crippen LogP contribution < -0.4 is 10.6 Å². The van der Waals surface area contributed by atoms with Gasteiger partial charge in [-0.25, -0.2) is 9.18 Å². The van der Waals surface area contributed by atoms with E-state index in [9.17, 15) is 14.0 Å². The molecular weight excluding hydrogens is 289 g/mol. The van der Waals surface area contributed by atoms with Gasteiger partial charge in [0.1, 0.15) is 5.82 Å². The van der Waals surface area contributed by atoms with Gasteiger partial charge in [0.15, 0.2) is 0 Å². The average Bonchev–Trinajstić information content (AvgIpc) is 2.51. The van der Waals surface area contributed by atoms with Crippen molar-refractivity contribution in [2.45, 2.75) is 6.92 Å². The number of hydrogen-bond donors (Lipinski definition) is 2. The number of pyridine rings is 1. The molecule has 2 rings (SSSR count). The second-order valence-electron chi connectivity index (χ2n) is 4.45. The second kappa shape index (κ2) is 6.66. The molecule has 0 saturated heterocycles. The molecule has 0 aliphatic carbocycles. The summed E-state index contributed by atoms with van der Waals surface area (Å²) in [6.07, 6.45) is 0.645. The van der Waals surface area contributed by atoms with E-state index in [0.717, 1.165) is 11.8 Å². The van der Waals surface area contributed by atoms with E-state index in [1.54, 1.807) is 12.1 Å². The highest BCUT2D eigenvalue weighted by atomic mass is 19.1. The van der Waals surface area contributed by atoms with Crippen LogP contribution in [0.4, 0.5) is 20.6 Å². The minimum atomic E-state index is -0.801. The van der Waals surface area contributed by atoms with E-state index < -0.39 is 11.9 Å². The first-order valence-electron chi connectivity index (χ1n) is 6.38. The highest BCUT2D eigenvalue weighted by Crippen LogP contribution is 2.20. The summed E-state index contributed by atoms with van der Waals surface area (Å²) in [5, 5.41) is 4.82. The van der Waals surface area contributed by atoms with Crippen LogP contribution in [0.25, 0.3) is 0 Å². The molecule has 1 aromatic carbocycles. The lowest BCUT2D eigenvalue weighted by Gasteiger charge is -2.09. The van der Waals surface area contributed by atoms with Crippen molar-refractivity contribution < 1.29 is 18.7 Å². The molecule has 22 heavy (non-hydrogen) atoms. The molecule has 1 heterocycles. The Hall–Kier alpha value is -2.96. The highest BCUT2D eigenvalue weighted by Gasteiger charge is 2.11. The molecule has 6 nitrogen and oxygen atoms in total. The Morgan fingerprint density at radius 2 is 1.95 bits per heavy atom. The molecule has 0 aliphatic heterocycles. The SMILES string of the molecule is COC(=O)Nc1cc(NC(=O)c2ccc(C)nc2)ccc1F. The van der Waals surface area contributed by atoms with Crippen LogP contribution in [0.5, 0.6) is 0 Å². The molecular formula is C15H14FN3O3. The van der Waals surface area contributed by atoms with Crippen molar-refractivity contribution >= 4 is 23.4 Å². The van der Waals surface area contributed by atoms with E-state index in [4.69, 9.17) is 0 Å². The van der Waals surface area contributed by atoms with Crippen molar-refractivity contribution in [1.82, 2.24) is 4.98 Å². The molecule has 0 spiro atoms. The third kappa shape index (κ3) is 3.78. The first-order chi connectivity index (χ1) is 10.5. The van der Waals surface area contributed by atoms with Crippen LogP contribution in [0.3, 0.4) is 0 Å². The smallest absolute Gasteiger partial charge is 0.411 e. The topological polar surface area (TPSA) is 80.3 Å². The number of aryl methyl sites for hydroxylation is 1. The maximum absolute atomic E-state index is 13.6. The number of benzene rings is 1. The van der Waals surface area contributed by atoms with Crippen molar-refractivity contribution in [3.8, 4) is 0 Å². The predicted molar refractivity (Wildman–Crippen MR) is 79.4 cm³/mol. The monoisotopic (exact) mass is 303 g/mol. The van der Waals surface area contributed by atoms with Gasteiger partial charge in [0.2, 0.25) is 0 Å². The van der Waals surface area contributed by atoms with Gasteiger partial charge in [-0.05, 0) is 37.3 Å². The average molecular weight is 303 g/mol. The van der Waals surface area contributed by atoms with Gasteiger partial charge in [-0.3, -0.25) is 15.1 Å². The van der Waals surface area contributed by atoms with Crippen LogP contribution in [0.1, 0.15) is 16.1 Å². The quantitative estimate of drug-likeness (QED) is 0.913. The molecule has 0 unspecified atom stereocenters. The molecule has 2 N–H and O–H groups in total. The van der Waals surface area contributed by atoms with E-state index in [-0.39, 0.29) is 11.6 Å². The Bertz CT molecular complexity index is 702. The number of hydrogen-bond acceptors (Lipinski definition) is 4. The summed E-state index contributed by atoms with van der Waals surface area (Å²) < 4.78 is 18.0. The number of nitrogens with one attached hydrogen (secondary N) is 2. The molecule has 0 fully saturated rings. The minimum absolute atomic E-state index is 0.0910. The van der Waals surface area contributed by atoms with Crippen molar-refractivity contribution in [2.24, 2.45) is 0 Å². The Morgan fingerprint density at radius 3 is 2.59 bits per heavy atom. The lowest BCUT2D eigenvalue weighted by molar-refractivity contribution is 0.102. The maximum atomic E-state index is 13.6. The van der Waals surface area contributed by atoms with Crippen LogP contribution in [-0.2, 0) is 4.74 Å². The molecule has 0 bridgehead atoms. The maximum Gasteiger partial charge on any atom is 0.411 e. The number of ether oxygens (including phenoxy) is 1. The number of amides is 2. The lowest BCUT2D eigenvalue weighted by atomic mass is 10.2. The van der Waals surface area contributed by atoms with E-state index in [1.165, 1.54) is 25.4 Å². The zero-order chi connectivity index (χ0) is 16.1. The molecule has 0 saturated carbocycles. The molecule has 2 amide bonds. The zero-order valence-electron chi connectivity index (χ0n) is 12.0. The standard InChI is InChI=1S/C15H14FN3O3/c1-9-3-4-10(8-17-9)14(20)18-11-5-6-12(16)13(7-11)19-15(21)22-2/h3-8H,1-2H3,(H,18,20)(H,19,21). The number of aromatic nitrogens is 1. The predicted octanol–water partition coefficient (Wildman–Crippen LogP) is 2.96. The number of nitrogens with zero attached hydrogens (tertiary/aromatic N) is 1. The van der Waals surface area contributed by atoms with Crippen LogP contribution >= 0.6 is 0 Å². The highest BCUT2D eigenvalue weighted by molar-refractivity contribution is 6.04. The van der Waals surface area contributed by atoms with Crippen LogP contribution in [-0.4, -0.2) is 24.1 Å². The van der Waals surface area contributed by atoms with E-state index in [2.05, 4.69) is 20.4 Å². The minimum Gasteiger partial charge on any atom is -0.453 e. The fourth-order valence-electron chi connectivity index (χ4n) is 1.67. The van der Waals surface area contributed by atoms with E-state index >= 15 is 0 Å². The summed E-state index contributed by atoms with van der Waals surface area (Å²) in [6, 6.07) is 7.16. The van der Waals surface area contributed by atoms with Gasteiger partial charge in [-0.15, -0.1) is 0 Å². The van der Waals surface area contributed by atoms with E-state index in [1.807, 2.05) is 6.92 Å². The summed E-state index contributed by atoms with van der Waals surface area (Å²) >= 11 is 0. The van der Waals surface area contributed by atoms with Gasteiger partial charge >= 0.3 is 6.09 Å². The van der Waals surface area contributed by atoms with Crippen molar-refractivity contribution in [3.05, 3.63) is 53.6 Å². The molecule has 0 radical (unpaired) electrons. The summed E-state index contributed by atoms with van der Waals surface area (Å²) in [4.78, 5) is 27.2. The molecule has 0 atom stereocenters. The lowest BCUT2D eigenvalue weighted by Crippen LogP contribution is -2.14. The van der Waals surface area contributed by atoms with Crippen molar-refractivity contribution in [3.63, 3.8) is 0 Å². The van der Waals surface area contributed by atoms with Gasteiger partial charge in [0, 0.05) is 17.6 Å². The zero-order valence-corrected chi connectivity index (χ0v) is 12.0. The van der Waals surface area contributed by atoms with Crippen LogP contribution in [0.2, 0.25) is 0 Å². The Balaban J connectivity index is 2.15. The van der Waals surface area contributed by atoms with Crippen molar-refractivity contribution in [2.75, 3.05) is 17.7 Å². The number of rotatable bonds is 3. The molecule has 2 aromatic rings. The van der Waals surface area contributed by atoms with Crippen molar-refractivity contribution in [1.29, 1.82) is 0 Å². The normalized spacial score (nSPS) is 9.95. The molecule has 0 aliphatic rings. The summed E-state index contributed by atoms with van der Waals surface area (Å²) in [5.41, 5.74) is 1.41. The Morgan fingerprint density at radius 1 is 1.18 bits per heavy atom. The number of carbonyl (C=O) groups excluding carboxylic acids is 2. The first kappa shape index (κ1) is 15.4. The summed E-state index contributed by atoms with van der Waals surface area (Å²) in [6.45, 7) is 1.81. The molecule has 114 valence electrons. The molecule has 1 aromatic heterocycles. The number of halogens is 1. The summed E-state index contributed by atoms with van der Waals surface area (Å²) in [7, 11) is 1.17. The number of methoxy groups -OCH3 is 1. The van der Waals surface area contributed by atoms with E-state index in [0.29, 0.717) is 11.3 Å². The Kier molecular flexibility index (Phi) is 4.67.